The molecule has 0 bridgehead atoms. The lowest BCUT2D eigenvalue weighted by atomic mass is 9.84. The Labute approximate surface area is 140 Å². The number of nitrogens with zero attached hydrogens (tertiary/aromatic N) is 1. The summed E-state index contributed by atoms with van der Waals surface area (Å²) >= 11 is 0. The van der Waals surface area contributed by atoms with Gasteiger partial charge in [-0.25, -0.2) is 0 Å². The Balaban J connectivity index is 1.65. The summed E-state index contributed by atoms with van der Waals surface area (Å²) in [6, 6.07) is 13.0. The van der Waals surface area contributed by atoms with Crippen LogP contribution in [0.5, 0.6) is 5.75 Å². The summed E-state index contributed by atoms with van der Waals surface area (Å²) in [5.41, 5.74) is 1.93. The van der Waals surface area contributed by atoms with Gasteiger partial charge >= 0.3 is 0 Å². The number of fused-ring (bicyclic) bond motifs is 1. The summed E-state index contributed by atoms with van der Waals surface area (Å²) in [4.78, 5) is 2.65. The fourth-order valence-electron chi connectivity index (χ4n) is 3.89. The van der Waals surface area contributed by atoms with E-state index in [4.69, 9.17) is 4.74 Å². The zero-order valence-electron chi connectivity index (χ0n) is 14.8. The molecule has 2 aromatic rings. The first-order valence-corrected chi connectivity index (χ1v) is 8.85. The first-order valence-electron chi connectivity index (χ1n) is 8.85. The maximum absolute atomic E-state index is 5.39. The monoisotopic (exact) mass is 311 g/mol. The van der Waals surface area contributed by atoms with Crippen molar-refractivity contribution in [2.75, 3.05) is 26.7 Å². The summed E-state index contributed by atoms with van der Waals surface area (Å²) in [7, 11) is 1.74. The van der Waals surface area contributed by atoms with Crippen molar-refractivity contribution < 1.29 is 4.74 Å². The van der Waals surface area contributed by atoms with Crippen LogP contribution in [-0.2, 0) is 6.42 Å². The molecule has 23 heavy (non-hydrogen) atoms. The second-order valence-corrected chi connectivity index (χ2v) is 7.65. The van der Waals surface area contributed by atoms with Crippen LogP contribution in [0.15, 0.2) is 36.4 Å². The Bertz CT molecular complexity index is 662. The largest absolute Gasteiger partial charge is 0.497 e. The topological polar surface area (TPSA) is 12.5 Å². The number of aryl methyl sites for hydroxylation is 1. The normalized spacial score (nSPS) is 18.2. The highest BCUT2D eigenvalue weighted by atomic mass is 16.5. The smallest absolute Gasteiger partial charge is 0.119 e. The van der Waals surface area contributed by atoms with Gasteiger partial charge in [-0.1, -0.05) is 38.1 Å². The maximum atomic E-state index is 5.39. The van der Waals surface area contributed by atoms with E-state index in [1.807, 2.05) is 6.07 Å². The number of ether oxygens (including phenoxy) is 1. The molecular weight excluding hydrogens is 282 g/mol. The van der Waals surface area contributed by atoms with Gasteiger partial charge in [0.15, 0.2) is 0 Å². The highest BCUT2D eigenvalue weighted by Gasteiger charge is 2.25. The van der Waals surface area contributed by atoms with E-state index in [0.717, 1.165) is 12.2 Å². The predicted molar refractivity (Wildman–Crippen MR) is 98.3 cm³/mol. The molecule has 0 spiro atoms. The lowest BCUT2D eigenvalue weighted by molar-refractivity contribution is 0.117. The molecule has 1 fully saturated rings. The van der Waals surface area contributed by atoms with Gasteiger partial charge in [-0.3, -0.25) is 0 Å². The van der Waals surface area contributed by atoms with Gasteiger partial charge in [0, 0.05) is 6.54 Å². The third-order valence-corrected chi connectivity index (χ3v) is 5.08. The fourth-order valence-corrected chi connectivity index (χ4v) is 3.89. The molecule has 0 atom stereocenters. The van der Waals surface area contributed by atoms with Crippen LogP contribution in [0.1, 0.15) is 38.7 Å². The van der Waals surface area contributed by atoms with E-state index >= 15 is 0 Å². The van der Waals surface area contributed by atoms with E-state index in [1.165, 1.54) is 55.2 Å². The van der Waals surface area contributed by atoms with Crippen molar-refractivity contribution in [3.8, 4) is 5.75 Å². The summed E-state index contributed by atoms with van der Waals surface area (Å²) < 4.78 is 5.39. The number of hydrogen-bond donors (Lipinski definition) is 0. The van der Waals surface area contributed by atoms with E-state index in [0.29, 0.717) is 5.41 Å². The zero-order chi connectivity index (χ0) is 16.3. The average molecular weight is 311 g/mol. The summed E-state index contributed by atoms with van der Waals surface area (Å²) in [6.07, 6.45) is 5.08. The van der Waals surface area contributed by atoms with Crippen LogP contribution in [0.25, 0.3) is 10.8 Å². The van der Waals surface area contributed by atoms with Crippen molar-refractivity contribution in [3.63, 3.8) is 0 Å². The Hall–Kier alpha value is -1.54. The van der Waals surface area contributed by atoms with E-state index in [-0.39, 0.29) is 0 Å². The molecule has 0 aromatic heterocycles. The van der Waals surface area contributed by atoms with Crippen LogP contribution in [0.4, 0.5) is 0 Å². The predicted octanol–water partition coefficient (Wildman–Crippen LogP) is 4.90. The lowest BCUT2D eigenvalue weighted by Crippen LogP contribution is -2.40. The molecule has 0 unspecified atom stereocenters. The standard InChI is InChI=1S/C21H29NO/c1-21(2)12-6-14-22(16-21)13-5-9-17-7-4-8-18-10-11-19(23-3)15-20(17)18/h4,7-8,10-11,15H,5-6,9,12-14,16H2,1-3H3. The van der Waals surface area contributed by atoms with Gasteiger partial charge in [-0.2, -0.15) is 0 Å². The minimum atomic E-state index is 0.491. The number of methoxy groups -OCH3 is 1. The van der Waals surface area contributed by atoms with E-state index < -0.39 is 0 Å². The van der Waals surface area contributed by atoms with Gasteiger partial charge in [-0.15, -0.1) is 0 Å². The van der Waals surface area contributed by atoms with Gasteiger partial charge in [-0.05, 0) is 72.7 Å². The molecule has 2 nitrogen and oxygen atoms in total. The van der Waals surface area contributed by atoms with Crippen LogP contribution in [0.2, 0.25) is 0 Å². The summed E-state index contributed by atoms with van der Waals surface area (Å²) in [5.74, 6) is 0.947. The van der Waals surface area contributed by atoms with Crippen LogP contribution in [-0.4, -0.2) is 31.6 Å². The second kappa shape index (κ2) is 6.92. The van der Waals surface area contributed by atoms with E-state index in [2.05, 4.69) is 49.1 Å². The quantitative estimate of drug-likeness (QED) is 0.778. The summed E-state index contributed by atoms with van der Waals surface area (Å²) in [6.45, 7) is 8.53. The lowest BCUT2D eigenvalue weighted by Gasteiger charge is -2.38. The molecule has 124 valence electrons. The number of benzene rings is 2. The second-order valence-electron chi connectivity index (χ2n) is 7.65. The van der Waals surface area contributed by atoms with Crippen molar-refractivity contribution in [3.05, 3.63) is 42.0 Å². The minimum absolute atomic E-state index is 0.491. The maximum Gasteiger partial charge on any atom is 0.119 e. The number of likely N-dealkylation sites (tertiary alicyclic amines) is 1. The molecule has 0 amide bonds. The highest BCUT2D eigenvalue weighted by Crippen LogP contribution is 2.29. The van der Waals surface area contributed by atoms with Crippen LogP contribution in [0, 0.1) is 5.41 Å². The Morgan fingerprint density at radius 2 is 2.04 bits per heavy atom. The molecule has 0 radical (unpaired) electrons. The van der Waals surface area contributed by atoms with Crippen LogP contribution in [0.3, 0.4) is 0 Å². The molecule has 0 aliphatic carbocycles. The Morgan fingerprint density at radius 1 is 1.17 bits per heavy atom. The van der Waals surface area contributed by atoms with Crippen LogP contribution < -0.4 is 4.74 Å². The molecule has 2 aromatic carbocycles. The molecule has 1 aliphatic heterocycles. The molecule has 3 rings (SSSR count). The van der Waals surface area contributed by atoms with Gasteiger partial charge < -0.3 is 9.64 Å². The van der Waals surface area contributed by atoms with Crippen molar-refractivity contribution in [1.82, 2.24) is 4.90 Å². The van der Waals surface area contributed by atoms with Gasteiger partial charge in [0.05, 0.1) is 7.11 Å². The molecule has 0 N–H and O–H groups in total. The zero-order valence-corrected chi connectivity index (χ0v) is 14.8. The molecule has 1 aliphatic rings. The fraction of sp³-hybridized carbons (Fsp3) is 0.524. The van der Waals surface area contributed by atoms with Gasteiger partial charge in [0.2, 0.25) is 0 Å². The highest BCUT2D eigenvalue weighted by molar-refractivity contribution is 5.87. The van der Waals surface area contributed by atoms with Crippen molar-refractivity contribution >= 4 is 10.8 Å². The number of piperidine rings is 1. The molecular formula is C21H29NO. The molecule has 1 heterocycles. The van der Waals surface area contributed by atoms with Crippen molar-refractivity contribution in [2.45, 2.75) is 39.5 Å². The van der Waals surface area contributed by atoms with E-state index in [9.17, 15) is 0 Å². The number of hydrogen-bond acceptors (Lipinski definition) is 2. The number of rotatable bonds is 5. The molecule has 2 heteroatoms. The Morgan fingerprint density at radius 3 is 2.83 bits per heavy atom. The van der Waals surface area contributed by atoms with Crippen molar-refractivity contribution in [2.24, 2.45) is 5.41 Å². The Kier molecular flexibility index (Phi) is 4.91. The third-order valence-electron chi connectivity index (χ3n) is 5.08. The van der Waals surface area contributed by atoms with Crippen LogP contribution >= 0.6 is 0 Å². The minimum Gasteiger partial charge on any atom is -0.497 e. The van der Waals surface area contributed by atoms with Gasteiger partial charge in [0.25, 0.3) is 0 Å². The third kappa shape index (κ3) is 4.06. The first-order chi connectivity index (χ1) is 11.1. The SMILES string of the molecule is COc1ccc2cccc(CCCN3CCCC(C)(C)C3)c2c1. The van der Waals surface area contributed by atoms with E-state index in [1.54, 1.807) is 7.11 Å². The average Bonchev–Trinajstić information content (AvgIpc) is 2.54. The first kappa shape index (κ1) is 16.3. The van der Waals surface area contributed by atoms with Gasteiger partial charge in [0.1, 0.15) is 5.75 Å². The van der Waals surface area contributed by atoms with Crippen molar-refractivity contribution in [1.29, 1.82) is 0 Å². The molecule has 0 saturated carbocycles. The molecule has 1 saturated heterocycles. The summed E-state index contributed by atoms with van der Waals surface area (Å²) in [5, 5.41) is 2.65.